The molecule has 0 aromatic heterocycles. The van der Waals surface area contributed by atoms with Crippen LogP contribution in [0.4, 0.5) is 0 Å². The summed E-state index contributed by atoms with van der Waals surface area (Å²) in [5.41, 5.74) is 0. The van der Waals surface area contributed by atoms with Gasteiger partial charge in [-0.2, -0.15) is 0 Å². The van der Waals surface area contributed by atoms with Crippen LogP contribution >= 0.6 is 7.82 Å². The van der Waals surface area contributed by atoms with Crippen LogP contribution in [-0.4, -0.2) is 74.3 Å². The summed E-state index contributed by atoms with van der Waals surface area (Å²) >= 11 is 0. The fraction of sp³-hybridized carbons (Fsp3) is 0.692. The van der Waals surface area contributed by atoms with Crippen LogP contribution in [0, 0.1) is 0 Å². The Bertz CT molecular complexity index is 1650. The number of nitrogens with one attached hydrogen (secondary N) is 1. The lowest BCUT2D eigenvalue weighted by Crippen LogP contribution is -2.47. The van der Waals surface area contributed by atoms with Gasteiger partial charge in [-0.1, -0.05) is 227 Å². The van der Waals surface area contributed by atoms with Crippen molar-refractivity contribution in [2.45, 2.75) is 251 Å². The molecule has 0 saturated carbocycles. The fourth-order valence-corrected chi connectivity index (χ4v) is 8.79. The van der Waals surface area contributed by atoms with Crippen LogP contribution in [-0.2, 0) is 27.9 Å². The van der Waals surface area contributed by atoms with Gasteiger partial charge >= 0.3 is 13.8 Å². The first-order valence-electron chi connectivity index (χ1n) is 30.2. The highest BCUT2D eigenvalue weighted by atomic mass is 31.2. The zero-order chi connectivity index (χ0) is 55.0. The third-order valence-corrected chi connectivity index (χ3v) is 13.7. The minimum Gasteiger partial charge on any atom is -0.456 e. The second kappa shape index (κ2) is 54.0. The Kier molecular flexibility index (Phi) is 51.6. The number of ether oxygens (including phenoxy) is 1. The number of phosphoric ester groups is 1. The van der Waals surface area contributed by atoms with Crippen molar-refractivity contribution < 1.29 is 37.3 Å². The van der Waals surface area contributed by atoms with Crippen LogP contribution in [0.25, 0.3) is 0 Å². The number of unbranched alkanes of at least 4 members (excludes halogenated alkanes) is 22. The molecule has 0 rings (SSSR count). The maximum Gasteiger partial charge on any atom is 0.472 e. The number of carbonyl (C=O) groups excluding carboxylic acids is 2. The number of likely N-dealkylation sites (N-methyl/N-ethyl adjacent to an activating group) is 1. The van der Waals surface area contributed by atoms with E-state index in [1.54, 1.807) is 0 Å². The van der Waals surface area contributed by atoms with Crippen molar-refractivity contribution in [3.8, 4) is 0 Å². The van der Waals surface area contributed by atoms with Crippen LogP contribution in [0.3, 0.4) is 0 Å². The molecule has 0 spiro atoms. The average molecular weight is 1070 g/mol. The van der Waals surface area contributed by atoms with Gasteiger partial charge in [-0.05, 0) is 109 Å². The molecule has 0 heterocycles. The van der Waals surface area contributed by atoms with Crippen LogP contribution in [0.2, 0.25) is 0 Å². The number of allylic oxidation sites excluding steroid dienone is 17. The Morgan fingerprint density at radius 3 is 1.40 bits per heavy atom. The standard InChI is InChI=1S/C65H113N2O7P/c1-7-10-13-16-19-22-25-28-30-31-32-33-34-35-37-39-42-45-48-51-54-57-64(68)66-62(61-73-75(70,71)72-60-59-67(4,5)6)63(56-53-50-47-44-41-38-27-24-21-18-15-12-9-3)74-65(69)58-55-52-49-46-43-40-36-29-26-23-20-17-14-11-8-2/h10,13,19-20,22-23,26,28-30,32-33,35,37,42,45,53,56,62-63H,7-9,11-12,14-18,21,24-25,27,31,34,36,38-41,43-44,46-52,54-55,57-61H2,1-6H3,(H-,66,68,70,71)/p+1/b13-10-,22-19-,23-20+,29-26+,30-28-,33-32-,37-35-,45-42-,56-53-. The number of hydrogen-bond donors (Lipinski definition) is 2. The van der Waals surface area contributed by atoms with Crippen molar-refractivity contribution in [1.82, 2.24) is 5.32 Å². The maximum absolute atomic E-state index is 13.5. The van der Waals surface area contributed by atoms with Gasteiger partial charge in [-0.3, -0.25) is 18.6 Å². The van der Waals surface area contributed by atoms with E-state index in [9.17, 15) is 19.0 Å². The molecule has 1 amide bonds. The number of quaternary nitrogens is 1. The zero-order valence-corrected chi connectivity index (χ0v) is 49.9. The van der Waals surface area contributed by atoms with Gasteiger partial charge in [-0.15, -0.1) is 0 Å². The summed E-state index contributed by atoms with van der Waals surface area (Å²) in [5, 5.41) is 3.02. The van der Waals surface area contributed by atoms with Crippen LogP contribution in [0.15, 0.2) is 109 Å². The lowest BCUT2D eigenvalue weighted by Gasteiger charge is -2.27. The zero-order valence-electron chi connectivity index (χ0n) is 49.0. The summed E-state index contributed by atoms with van der Waals surface area (Å²) in [6, 6.07) is -0.883. The Morgan fingerprint density at radius 2 is 0.893 bits per heavy atom. The van der Waals surface area contributed by atoms with E-state index >= 15 is 0 Å². The molecule has 2 N–H and O–H groups in total. The fourth-order valence-electron chi connectivity index (χ4n) is 8.05. The first-order chi connectivity index (χ1) is 36.4. The molecule has 3 atom stereocenters. The van der Waals surface area contributed by atoms with Gasteiger partial charge in [0.1, 0.15) is 19.3 Å². The molecular formula is C65H114N2O7P+. The summed E-state index contributed by atoms with van der Waals surface area (Å²) in [6.45, 7) is 6.81. The molecular weight excluding hydrogens is 952 g/mol. The molecule has 0 fully saturated rings. The normalized spacial score (nSPS) is 14.5. The third-order valence-electron chi connectivity index (χ3n) is 12.7. The van der Waals surface area contributed by atoms with E-state index in [1.165, 1.54) is 83.5 Å². The molecule has 9 nitrogen and oxygen atoms in total. The molecule has 430 valence electrons. The van der Waals surface area contributed by atoms with Crippen molar-refractivity contribution in [3.05, 3.63) is 109 Å². The molecule has 0 aromatic carbocycles. The molecule has 0 bridgehead atoms. The smallest absolute Gasteiger partial charge is 0.456 e. The molecule has 0 aliphatic rings. The lowest BCUT2D eigenvalue weighted by atomic mass is 10.0. The van der Waals surface area contributed by atoms with E-state index in [0.29, 0.717) is 23.9 Å². The highest BCUT2D eigenvalue weighted by molar-refractivity contribution is 7.47. The number of esters is 1. The number of carbonyl (C=O) groups is 2. The van der Waals surface area contributed by atoms with Crippen molar-refractivity contribution in [2.75, 3.05) is 40.9 Å². The summed E-state index contributed by atoms with van der Waals surface area (Å²) < 4.78 is 30.6. The van der Waals surface area contributed by atoms with Gasteiger partial charge in [0.2, 0.25) is 5.91 Å². The van der Waals surface area contributed by atoms with Crippen molar-refractivity contribution in [1.29, 1.82) is 0 Å². The number of nitrogens with zero attached hydrogens (tertiary/aromatic N) is 1. The number of amides is 1. The maximum atomic E-state index is 13.5. The third kappa shape index (κ3) is 55.2. The topological polar surface area (TPSA) is 111 Å². The molecule has 10 heteroatoms. The highest BCUT2D eigenvalue weighted by Crippen LogP contribution is 2.43. The lowest BCUT2D eigenvalue weighted by molar-refractivity contribution is -0.870. The first kappa shape index (κ1) is 71.7. The Balaban J connectivity index is 5.42. The summed E-state index contributed by atoms with van der Waals surface area (Å²) in [4.78, 5) is 37.7. The van der Waals surface area contributed by atoms with Gasteiger partial charge in [0.05, 0.1) is 33.8 Å². The van der Waals surface area contributed by atoms with Gasteiger partial charge < -0.3 is 19.4 Å². The monoisotopic (exact) mass is 1070 g/mol. The van der Waals surface area contributed by atoms with Crippen LogP contribution in [0.1, 0.15) is 239 Å². The number of rotatable bonds is 53. The molecule has 0 saturated heterocycles. The highest BCUT2D eigenvalue weighted by Gasteiger charge is 2.30. The van der Waals surface area contributed by atoms with Crippen molar-refractivity contribution in [2.24, 2.45) is 0 Å². The second-order valence-corrected chi connectivity index (χ2v) is 22.6. The van der Waals surface area contributed by atoms with E-state index in [2.05, 4.69) is 123 Å². The van der Waals surface area contributed by atoms with E-state index in [-0.39, 0.29) is 37.9 Å². The minimum atomic E-state index is -4.47. The van der Waals surface area contributed by atoms with Crippen molar-refractivity contribution in [3.63, 3.8) is 0 Å². The molecule has 75 heavy (non-hydrogen) atoms. The number of hydrogen-bond acceptors (Lipinski definition) is 6. The molecule has 0 aliphatic carbocycles. The summed E-state index contributed by atoms with van der Waals surface area (Å²) in [6.07, 6.45) is 73.7. The predicted octanol–water partition coefficient (Wildman–Crippen LogP) is 18.6. The SMILES string of the molecule is CC/C=C\C/C=C\C/C=C\C/C=C\C/C=C\C/C=C\CCCCC(=O)NC(COP(=O)(O)OCC[N+](C)(C)C)C(/C=C\CCCCCCCCCCCCC)OC(=O)CCCCCCCC/C=C/C=C/CCCCC. The first-order valence-corrected chi connectivity index (χ1v) is 31.7. The molecule has 0 aliphatic heterocycles. The quantitative estimate of drug-likeness (QED) is 0.0156. The van der Waals surface area contributed by atoms with E-state index in [4.69, 9.17) is 13.8 Å². The van der Waals surface area contributed by atoms with Gasteiger partial charge in [0.25, 0.3) is 0 Å². The van der Waals surface area contributed by atoms with E-state index in [1.807, 2.05) is 33.3 Å². The summed E-state index contributed by atoms with van der Waals surface area (Å²) in [7, 11) is 1.44. The average Bonchev–Trinajstić information content (AvgIpc) is 3.37. The van der Waals surface area contributed by atoms with Gasteiger partial charge in [-0.25, -0.2) is 4.57 Å². The second-order valence-electron chi connectivity index (χ2n) is 21.2. The molecule has 0 radical (unpaired) electrons. The van der Waals surface area contributed by atoms with Crippen LogP contribution in [0.5, 0.6) is 0 Å². The van der Waals surface area contributed by atoms with Gasteiger partial charge in [0.15, 0.2) is 0 Å². The minimum absolute atomic E-state index is 0.0241. The van der Waals surface area contributed by atoms with E-state index in [0.717, 1.165) is 109 Å². The summed E-state index contributed by atoms with van der Waals surface area (Å²) in [5.74, 6) is -0.575. The Hall–Kier alpha value is -3.33. The molecule has 3 unspecified atom stereocenters. The van der Waals surface area contributed by atoms with E-state index < -0.39 is 20.0 Å². The Labute approximate surface area is 461 Å². The molecule has 0 aromatic rings. The number of phosphoric acid groups is 1. The largest absolute Gasteiger partial charge is 0.472 e. The predicted molar refractivity (Wildman–Crippen MR) is 323 cm³/mol. The van der Waals surface area contributed by atoms with Crippen molar-refractivity contribution >= 4 is 19.7 Å². The Morgan fingerprint density at radius 1 is 0.493 bits per heavy atom. The van der Waals surface area contributed by atoms with Crippen LogP contribution < -0.4 is 5.32 Å². The van der Waals surface area contributed by atoms with Gasteiger partial charge in [0, 0.05) is 12.8 Å².